The lowest BCUT2D eigenvalue weighted by Crippen LogP contribution is -2.69. The highest BCUT2D eigenvalue weighted by Crippen LogP contribution is 2.41. The summed E-state index contributed by atoms with van der Waals surface area (Å²) >= 11 is 0. The number of ether oxygens (including phenoxy) is 1. The molecule has 1 aliphatic rings. The maximum absolute atomic E-state index is 6.28. The first-order valence-corrected chi connectivity index (χ1v) is 11.3. The first kappa shape index (κ1) is 22.4. The van der Waals surface area contributed by atoms with Gasteiger partial charge in [0.05, 0.1) is 0 Å². The van der Waals surface area contributed by atoms with Gasteiger partial charge in [-0.25, -0.2) is 0 Å². The molecule has 2 aromatic heterocycles. The number of unbranched alkanes of at least 4 members (excludes halogenated alkanes) is 2. The van der Waals surface area contributed by atoms with Crippen LogP contribution in [0.5, 0.6) is 0 Å². The van der Waals surface area contributed by atoms with Crippen LogP contribution in [0.25, 0.3) is 5.70 Å². The molecule has 2 unspecified atom stereocenters. The number of hydrogen-bond donors (Lipinski definition) is 0. The SMILES string of the molecule is COC1(C)C([n+]2ccccc2)=CC(CCCCCC(C)C)=CC1(C)[n+]1ccccc1. The second kappa shape index (κ2) is 9.70. The van der Waals surface area contributed by atoms with Crippen LogP contribution >= 0.6 is 0 Å². The van der Waals surface area contributed by atoms with Gasteiger partial charge in [0, 0.05) is 44.4 Å². The number of hydrogen-bond acceptors (Lipinski definition) is 1. The highest BCUT2D eigenvalue weighted by molar-refractivity contribution is 5.57. The van der Waals surface area contributed by atoms with Crippen molar-refractivity contribution >= 4 is 5.70 Å². The number of pyridine rings is 2. The highest BCUT2D eigenvalue weighted by Gasteiger charge is 2.60. The number of rotatable bonds is 9. The largest absolute Gasteiger partial charge is 0.361 e. The Morgan fingerprint density at radius 3 is 2.10 bits per heavy atom. The second-order valence-corrected chi connectivity index (χ2v) is 9.19. The van der Waals surface area contributed by atoms with Gasteiger partial charge in [-0.15, -0.1) is 0 Å². The number of allylic oxidation sites excluding steroid dienone is 2. The Hall–Kier alpha value is -2.26. The predicted octanol–water partition coefficient (Wildman–Crippen LogP) is 5.47. The summed E-state index contributed by atoms with van der Waals surface area (Å²) in [5.74, 6) is 0.792. The fourth-order valence-electron chi connectivity index (χ4n) is 4.54. The molecule has 0 spiro atoms. The molecule has 1 aliphatic carbocycles. The van der Waals surface area contributed by atoms with Crippen molar-refractivity contribution in [1.82, 2.24) is 0 Å². The van der Waals surface area contributed by atoms with Gasteiger partial charge in [-0.05, 0) is 37.3 Å². The molecule has 3 nitrogen and oxygen atoms in total. The summed E-state index contributed by atoms with van der Waals surface area (Å²) in [6.45, 7) is 9.11. The third-order valence-corrected chi connectivity index (χ3v) is 6.64. The average Bonchev–Trinajstić information content (AvgIpc) is 2.76. The molecule has 160 valence electrons. The molecule has 3 heteroatoms. The summed E-state index contributed by atoms with van der Waals surface area (Å²) in [6, 6.07) is 12.5. The van der Waals surface area contributed by atoms with Crippen LogP contribution < -0.4 is 9.13 Å². The number of aromatic nitrogens is 2. The van der Waals surface area contributed by atoms with E-state index in [1.807, 2.05) is 7.11 Å². The van der Waals surface area contributed by atoms with E-state index in [0.717, 1.165) is 12.3 Å². The van der Waals surface area contributed by atoms with E-state index < -0.39 is 5.60 Å². The van der Waals surface area contributed by atoms with Crippen molar-refractivity contribution in [3.05, 3.63) is 78.9 Å². The first-order valence-electron chi connectivity index (χ1n) is 11.3. The summed E-state index contributed by atoms with van der Waals surface area (Å²) in [5, 5.41) is 0. The van der Waals surface area contributed by atoms with Crippen molar-refractivity contribution in [2.24, 2.45) is 5.92 Å². The van der Waals surface area contributed by atoms with Gasteiger partial charge in [0.25, 0.3) is 0 Å². The van der Waals surface area contributed by atoms with Gasteiger partial charge in [-0.3, -0.25) is 0 Å². The first-order chi connectivity index (χ1) is 14.4. The van der Waals surface area contributed by atoms with Gasteiger partial charge in [0.2, 0.25) is 16.8 Å². The number of methoxy groups -OCH3 is 1. The van der Waals surface area contributed by atoms with Crippen molar-refractivity contribution in [2.45, 2.75) is 70.9 Å². The summed E-state index contributed by atoms with van der Waals surface area (Å²) in [6.07, 6.45) is 19.5. The van der Waals surface area contributed by atoms with Gasteiger partial charge in [0.1, 0.15) is 0 Å². The van der Waals surface area contributed by atoms with Crippen LogP contribution in [-0.4, -0.2) is 12.7 Å². The molecule has 0 aliphatic heterocycles. The van der Waals surface area contributed by atoms with E-state index in [9.17, 15) is 0 Å². The van der Waals surface area contributed by atoms with Gasteiger partial charge >= 0.3 is 0 Å². The summed E-state index contributed by atoms with van der Waals surface area (Å²) in [7, 11) is 1.82. The van der Waals surface area contributed by atoms with Crippen LogP contribution in [-0.2, 0) is 10.3 Å². The molecule has 2 atom stereocenters. The van der Waals surface area contributed by atoms with Crippen LogP contribution in [0.4, 0.5) is 0 Å². The maximum Gasteiger partial charge on any atom is 0.226 e. The van der Waals surface area contributed by atoms with Crippen LogP contribution in [0.2, 0.25) is 0 Å². The third kappa shape index (κ3) is 4.57. The molecule has 0 saturated carbocycles. The zero-order valence-electron chi connectivity index (χ0n) is 19.3. The van der Waals surface area contributed by atoms with E-state index in [4.69, 9.17) is 4.74 Å². The maximum atomic E-state index is 6.28. The lowest BCUT2D eigenvalue weighted by Gasteiger charge is -2.40. The Kier molecular flexibility index (Phi) is 7.25. The van der Waals surface area contributed by atoms with Crippen LogP contribution in [0.3, 0.4) is 0 Å². The monoisotopic (exact) mass is 406 g/mol. The van der Waals surface area contributed by atoms with Gasteiger partial charge in [0.15, 0.2) is 24.8 Å². The Bertz CT molecular complexity index is 872. The minimum Gasteiger partial charge on any atom is -0.361 e. The Balaban J connectivity index is 1.98. The topological polar surface area (TPSA) is 17.0 Å². The van der Waals surface area contributed by atoms with E-state index in [1.165, 1.54) is 37.0 Å². The summed E-state index contributed by atoms with van der Waals surface area (Å²) in [5.41, 5.74) is 1.69. The fraction of sp³-hybridized carbons (Fsp3) is 0.481. The average molecular weight is 407 g/mol. The van der Waals surface area contributed by atoms with Crippen molar-refractivity contribution in [2.75, 3.05) is 7.11 Å². The van der Waals surface area contributed by atoms with Crippen LogP contribution in [0, 0.1) is 5.92 Å². The zero-order valence-corrected chi connectivity index (χ0v) is 19.3. The molecule has 3 rings (SSSR count). The Morgan fingerprint density at radius 1 is 0.867 bits per heavy atom. The smallest absolute Gasteiger partial charge is 0.226 e. The fourth-order valence-corrected chi connectivity index (χ4v) is 4.54. The van der Waals surface area contributed by atoms with Crippen molar-refractivity contribution in [1.29, 1.82) is 0 Å². The van der Waals surface area contributed by atoms with Gasteiger partial charge in [-0.1, -0.05) is 45.2 Å². The number of nitrogens with zero attached hydrogens (tertiary/aromatic N) is 2. The van der Waals surface area contributed by atoms with E-state index in [2.05, 4.69) is 110 Å². The van der Waals surface area contributed by atoms with Crippen LogP contribution in [0.1, 0.15) is 59.8 Å². The molecule has 2 heterocycles. The van der Waals surface area contributed by atoms with Crippen molar-refractivity contribution < 1.29 is 13.9 Å². The van der Waals surface area contributed by atoms with E-state index in [-0.39, 0.29) is 5.54 Å². The Morgan fingerprint density at radius 2 is 1.50 bits per heavy atom. The van der Waals surface area contributed by atoms with Gasteiger partial charge in [-0.2, -0.15) is 9.13 Å². The third-order valence-electron chi connectivity index (χ3n) is 6.64. The molecule has 0 N–H and O–H groups in total. The molecule has 0 bridgehead atoms. The normalized spacial score (nSPS) is 23.9. The molecular formula is C27H38N2O+2. The summed E-state index contributed by atoms with van der Waals surface area (Å²) < 4.78 is 10.8. The van der Waals surface area contributed by atoms with E-state index >= 15 is 0 Å². The molecule has 0 saturated heterocycles. The highest BCUT2D eigenvalue weighted by atomic mass is 16.5. The van der Waals surface area contributed by atoms with Crippen molar-refractivity contribution in [3.8, 4) is 0 Å². The Labute approximate surface area is 182 Å². The van der Waals surface area contributed by atoms with Crippen molar-refractivity contribution in [3.63, 3.8) is 0 Å². The summed E-state index contributed by atoms with van der Waals surface area (Å²) in [4.78, 5) is 0. The standard InChI is InChI=1S/C27H38N2O/c1-23(2)15-9-6-10-16-24-21-25(28-17-11-7-12-18-28)27(4,30-5)26(3,22-24)29-19-13-8-14-20-29/h7-8,11-14,17-23H,6,9-10,15-16H2,1-5H3/q+2. The minimum absolute atomic E-state index is 0.344. The molecular weight excluding hydrogens is 368 g/mol. The molecule has 2 aromatic rings. The zero-order chi connectivity index (χ0) is 21.6. The van der Waals surface area contributed by atoms with E-state index in [0.29, 0.717) is 0 Å². The lowest BCUT2D eigenvalue weighted by atomic mass is 9.73. The van der Waals surface area contributed by atoms with Crippen LogP contribution in [0.15, 0.2) is 78.9 Å². The molecule has 0 radical (unpaired) electrons. The molecule has 0 amide bonds. The van der Waals surface area contributed by atoms with Gasteiger partial charge < -0.3 is 4.74 Å². The molecule has 30 heavy (non-hydrogen) atoms. The predicted molar refractivity (Wildman–Crippen MR) is 123 cm³/mol. The second-order valence-electron chi connectivity index (χ2n) is 9.19. The van der Waals surface area contributed by atoms with E-state index in [1.54, 1.807) is 0 Å². The molecule has 0 fully saturated rings. The minimum atomic E-state index is -0.522. The quantitative estimate of drug-likeness (QED) is 0.399. The lowest BCUT2D eigenvalue weighted by molar-refractivity contribution is -0.766. The molecule has 0 aromatic carbocycles.